The van der Waals surface area contributed by atoms with Crippen LogP contribution in [0.25, 0.3) is 0 Å². The van der Waals surface area contributed by atoms with Crippen LogP contribution in [0.2, 0.25) is 0 Å². The van der Waals surface area contributed by atoms with Crippen LogP contribution in [0.15, 0.2) is 95.6 Å². The van der Waals surface area contributed by atoms with Gasteiger partial charge in [-0.3, -0.25) is 19.6 Å². The quantitative estimate of drug-likeness (QED) is 0.0148. The summed E-state index contributed by atoms with van der Waals surface area (Å²) in [6.07, 6.45) is 5.32. The minimum atomic E-state index is -1.27. The Labute approximate surface area is 707 Å². The number of hydrogen-bond acceptors (Lipinski definition) is 23. The van der Waals surface area contributed by atoms with E-state index in [0.717, 1.165) is 51.1 Å². The molecule has 44 heteroatoms. The third-order valence-electron chi connectivity index (χ3n) is 9.63. The van der Waals surface area contributed by atoms with E-state index in [0.29, 0.717) is 63.5 Å². The largest absolute Gasteiger partial charge is 2.00 e. The number of Topliss-reactive ketones (excluding diaryl/α,β-unsaturated/α-hetero) is 1. The van der Waals surface area contributed by atoms with E-state index in [1.165, 1.54) is 39.1 Å². The van der Waals surface area contributed by atoms with Crippen LogP contribution in [0, 0.1) is 6.92 Å². The molecule has 1 aliphatic heterocycles. The number of aliphatic hydroxyl groups is 2. The summed E-state index contributed by atoms with van der Waals surface area (Å²) in [6, 6.07) is 9.52. The van der Waals surface area contributed by atoms with Crippen LogP contribution in [-0.4, -0.2) is 180 Å². The molecule has 1 amide bonds. The van der Waals surface area contributed by atoms with Crippen LogP contribution < -0.4 is 62.1 Å². The van der Waals surface area contributed by atoms with Crippen molar-refractivity contribution in [2.45, 2.75) is 162 Å². The van der Waals surface area contributed by atoms with Gasteiger partial charge in [-0.05, 0) is 190 Å². The van der Waals surface area contributed by atoms with Gasteiger partial charge in [-0.15, -0.1) is 35.6 Å². The molecule has 1 saturated heterocycles. The van der Waals surface area contributed by atoms with E-state index >= 15 is 0 Å². The van der Waals surface area contributed by atoms with Crippen molar-refractivity contribution < 1.29 is 127 Å². The molecule has 7 heterocycles. The number of nitrogens with two attached hydrogens (primary N) is 2. The van der Waals surface area contributed by atoms with Crippen LogP contribution in [0.5, 0.6) is 0 Å². The topological polar surface area (TPSA) is 417 Å². The number of nitrogens with zero attached hydrogens (tertiary/aromatic N) is 8. The van der Waals surface area contributed by atoms with E-state index in [1.807, 2.05) is 83.1 Å². The van der Waals surface area contributed by atoms with Crippen molar-refractivity contribution in [3.05, 3.63) is 106 Å². The van der Waals surface area contributed by atoms with Crippen molar-refractivity contribution in [3.8, 4) is 0 Å². The van der Waals surface area contributed by atoms with Crippen molar-refractivity contribution in [2.24, 2.45) is 15.3 Å². The van der Waals surface area contributed by atoms with E-state index in [-0.39, 0.29) is 147 Å². The molecule has 8 N–H and O–H groups in total. The molecule has 0 aromatic carbocycles. The van der Waals surface area contributed by atoms with Gasteiger partial charge in [-0.25, -0.2) is 27.2 Å². The van der Waals surface area contributed by atoms with E-state index in [2.05, 4.69) is 161 Å². The van der Waals surface area contributed by atoms with E-state index < -0.39 is 38.9 Å². The maximum Gasteiger partial charge on any atom is 2.00 e. The summed E-state index contributed by atoms with van der Waals surface area (Å²) in [5.74, 6) is 0.748. The summed E-state index contributed by atoms with van der Waals surface area (Å²) >= 11 is 28.2. The summed E-state index contributed by atoms with van der Waals surface area (Å²) < 4.78 is 77.6. The molecule has 3 radical (unpaired) electrons. The number of amides is 1. The van der Waals surface area contributed by atoms with Gasteiger partial charge in [-0.2, -0.15) is 11.3 Å². The number of rotatable bonds is 14. The number of ether oxygens (including phenoxy) is 1. The molecule has 0 saturated carbocycles. The SMILES string of the molecule is C1CCOC1.CC(C)(C)[S@](N)=O.CCC(=N[S@](=O)C(C)(C)C)c1cc(Br)no1.CCC(=O)c1cc(Br)no1.CC[C@H](N)c1cc(Br)no1.CC[C@H](N[S@](=O)C(C)(C)C)c1cc(Br)no1.CO.CO.CON(C)C(=O)c1cc(Br)no1.Cl.ClCCl.O=C(O)c1cc(Br)no1.[B].[Br-].[CH2-]C.[H-].[Mg+2].[Na+]. The van der Waals surface area contributed by atoms with Crippen molar-refractivity contribution in [3.63, 3.8) is 0 Å². The van der Waals surface area contributed by atoms with Gasteiger partial charge in [0.1, 0.15) is 38.6 Å². The first-order valence-corrected chi connectivity index (χ1v) is 36.9. The normalized spacial score (nSPS) is 12.2. The Bertz CT molecular complexity index is 3070. The molecule has 99 heavy (non-hydrogen) atoms. The molecular weight excluding hydrogens is 1910 g/mol. The van der Waals surface area contributed by atoms with Gasteiger partial charge < -0.3 is 78.3 Å². The Morgan fingerprint density at radius 3 is 1.25 bits per heavy atom. The number of aliphatic hydroxyl groups excluding tert-OH is 2. The molecule has 6 aromatic rings. The zero-order valence-corrected chi connectivity index (χ0v) is 78.1. The Morgan fingerprint density at radius 2 is 1.01 bits per heavy atom. The van der Waals surface area contributed by atoms with Gasteiger partial charge in [0.2, 0.25) is 23.1 Å². The monoisotopic (exact) mass is 1990 g/mol. The van der Waals surface area contributed by atoms with Crippen molar-refractivity contribution in [1.82, 2.24) is 40.7 Å². The number of halogens is 10. The number of ketones is 1. The van der Waals surface area contributed by atoms with Gasteiger partial charge in [0.25, 0.3) is 0 Å². The fourth-order valence-electron chi connectivity index (χ4n) is 4.65. The molecule has 1 aliphatic rings. The molecule has 0 unspecified atom stereocenters. The summed E-state index contributed by atoms with van der Waals surface area (Å²) in [7, 11) is 1.31. The van der Waals surface area contributed by atoms with Gasteiger partial charge >= 0.3 is 64.5 Å². The number of carboxylic acids is 1. The maximum absolute atomic E-state index is 11.9. The van der Waals surface area contributed by atoms with Crippen LogP contribution >= 0.6 is 131 Å². The Kier molecular flexibility index (Phi) is 84.1. The average molecular weight is 2000 g/mol. The fraction of sp³-hybridized carbons (Fsp3) is 0.582. The molecule has 0 bridgehead atoms. The van der Waals surface area contributed by atoms with Gasteiger partial charge in [0.15, 0.2) is 17.3 Å². The second-order valence-corrected chi connectivity index (χ2v) is 31.2. The third-order valence-corrected chi connectivity index (χ3v) is 16.1. The summed E-state index contributed by atoms with van der Waals surface area (Å²) in [5, 5.41) is 49.9. The second kappa shape index (κ2) is 69.5. The van der Waals surface area contributed by atoms with Crippen LogP contribution in [-0.2, 0) is 42.5 Å². The predicted molar refractivity (Wildman–Crippen MR) is 408 cm³/mol. The number of aromatic carboxylic acids is 1. The zero-order valence-electron chi connectivity index (χ0n) is 59.8. The third kappa shape index (κ3) is 59.5. The first-order chi connectivity index (χ1) is 43.9. The summed E-state index contributed by atoms with van der Waals surface area (Å²) in [6.45, 7) is 31.7. The van der Waals surface area contributed by atoms with Gasteiger partial charge in [0.05, 0.1) is 66.5 Å². The molecule has 5 atom stereocenters. The molecule has 1 fully saturated rings. The standard InChI is InChI=1S/C10H17BrN2O2S.C10H15BrN2O2S.C6H7BrN2O3.C6H9BrN2O.C6H6BrNO2.C4H2BrNO3.C4H11NOS.C4H8O.C2H5.CH2Cl2.2CH4O.B.BrH.ClH.Mg.Na.H/c2*1-5-7(8-6-9(11)12-15-8)13-16(14)10(2,3)4;1-9(11-2)6(10)4-3-5(7)8-12-4;1-2-4(8)5-3-6(7)9-10-5;1-2-4(9)5-3-6(7)8-10-5;5-3-1-2(4(7)8)9-6-3;1-4(2,3)7(5)6;1-2-4-5-3-1;1-2;2-1-3;2*1-2;;;;;;/h6-7,13H,5H2,1-4H3;6H,5H2,1-4H3;3H,1-2H3;3-4H,2,8H2,1H3;3H,2H2,1H3;1H,(H,7,8);5H2,1-3H3;1-4H2;1H2,2H3;1H2;2*2H,1H3;;2*1H;;;/q;;;;;;;;-1;;;;;;;+2;+1;-1/p-1/t7-,16+;16-;;4-;;;7-;;;;;;;;;;;/m01.0..1.........../s1. The smallest absolute Gasteiger partial charge is 1.00 e. The van der Waals surface area contributed by atoms with Crippen LogP contribution in [0.4, 0.5) is 0 Å². The van der Waals surface area contributed by atoms with E-state index in [9.17, 15) is 27.0 Å². The second-order valence-electron chi connectivity index (χ2n) is 19.8. The molecule has 6 aromatic heterocycles. The molecule has 563 valence electrons. The van der Waals surface area contributed by atoms with Crippen LogP contribution in [0.3, 0.4) is 0 Å². The first kappa shape index (κ1) is 120. The minimum absolute atomic E-state index is 0. The zero-order chi connectivity index (χ0) is 74.1. The summed E-state index contributed by atoms with van der Waals surface area (Å²) in [4.78, 5) is 36.8. The minimum Gasteiger partial charge on any atom is -1.00 e. The number of aromatic nitrogens is 6. The molecule has 0 aliphatic carbocycles. The molecule has 28 nitrogen and oxygen atoms in total. The van der Waals surface area contributed by atoms with Crippen molar-refractivity contribution in [2.75, 3.05) is 46.9 Å². The number of alkyl halides is 2. The average Bonchev–Trinajstić information content (AvgIpc) is 1.15. The van der Waals surface area contributed by atoms with Gasteiger partial charge in [-0.1, -0.05) is 58.6 Å². The number of hydrogen-bond donors (Lipinski definition) is 6. The molecular formula is C55H92BBr7Cl3MgN11NaO17S3. The fourth-order valence-corrected chi connectivity index (χ4v) is 7.95. The molecule has 7 rings (SSSR count). The number of nitrogens with one attached hydrogen (secondary N) is 1. The Morgan fingerprint density at radius 1 is 0.667 bits per heavy atom. The van der Waals surface area contributed by atoms with Crippen molar-refractivity contribution in [1.29, 1.82) is 0 Å². The predicted octanol–water partition coefficient (Wildman–Crippen LogP) is 8.58. The molecule has 0 spiro atoms. The first-order valence-electron chi connectivity index (χ1n) is 27.6. The maximum atomic E-state index is 11.9. The van der Waals surface area contributed by atoms with Crippen LogP contribution in [0.1, 0.15) is 198 Å². The number of hydroxylamine groups is 2. The number of carboxylic acid groups (broad SMARTS) is 1. The Hall–Kier alpha value is -0.229. The number of carbonyl (C=O) groups excluding carboxylic acids is 2. The van der Waals surface area contributed by atoms with Crippen molar-refractivity contribution >= 4 is 219 Å². The van der Waals surface area contributed by atoms with E-state index in [1.54, 1.807) is 38.1 Å². The number of carbonyl (C=O) groups is 3. The van der Waals surface area contributed by atoms with E-state index in [4.69, 9.17) is 67.7 Å². The Balaban J connectivity index is -0.0000000996. The summed E-state index contributed by atoms with van der Waals surface area (Å²) in [5.41, 5.74) is 6.33. The van der Waals surface area contributed by atoms with Gasteiger partial charge in [0, 0.05) is 85.7 Å².